The number of hydrogen-bond acceptors (Lipinski definition) is 4. The molecule has 0 heterocycles. The minimum Gasteiger partial charge on any atom is -0.497 e. The molecule has 1 aliphatic carbocycles. The number of benzene rings is 2. The van der Waals surface area contributed by atoms with Gasteiger partial charge in [-0.05, 0) is 49.4 Å². The molecule has 3 rings (SSSR count). The molecule has 2 aromatic carbocycles. The highest BCUT2D eigenvalue weighted by molar-refractivity contribution is 5.95. The molecule has 1 amide bonds. The zero-order valence-corrected chi connectivity index (χ0v) is 14.9. The Hall–Kier alpha value is -2.89. The van der Waals surface area contributed by atoms with E-state index in [2.05, 4.69) is 6.92 Å². The maximum absolute atomic E-state index is 13.1. The van der Waals surface area contributed by atoms with Gasteiger partial charge in [0.05, 0.1) is 12.0 Å². The zero-order valence-electron chi connectivity index (χ0n) is 14.9. The topological polar surface area (TPSA) is 72.7 Å². The first-order chi connectivity index (χ1) is 12.5. The van der Waals surface area contributed by atoms with E-state index >= 15 is 0 Å². The summed E-state index contributed by atoms with van der Waals surface area (Å²) in [7, 11) is 1.61. The van der Waals surface area contributed by atoms with Crippen LogP contribution < -0.4 is 4.74 Å². The Balaban J connectivity index is 1.86. The fourth-order valence-electron chi connectivity index (χ4n) is 3.08. The SMILES string of the molecule is COc1ccc(CN(C(=O)c2cccc([N+](=O)[O-])c2)[C@@H](C)C2CC2)cc1. The van der Waals surface area contributed by atoms with Crippen molar-refractivity contribution in [2.75, 3.05) is 7.11 Å². The molecule has 6 nitrogen and oxygen atoms in total. The normalized spacial score (nSPS) is 14.5. The number of methoxy groups -OCH3 is 1. The van der Waals surface area contributed by atoms with Gasteiger partial charge < -0.3 is 9.64 Å². The predicted molar refractivity (Wildman–Crippen MR) is 98.1 cm³/mol. The fourth-order valence-corrected chi connectivity index (χ4v) is 3.08. The van der Waals surface area contributed by atoms with Crippen molar-refractivity contribution in [2.24, 2.45) is 5.92 Å². The van der Waals surface area contributed by atoms with E-state index in [0.29, 0.717) is 18.0 Å². The lowest BCUT2D eigenvalue weighted by atomic mass is 10.1. The largest absolute Gasteiger partial charge is 0.497 e. The van der Waals surface area contributed by atoms with Gasteiger partial charge in [-0.25, -0.2) is 0 Å². The molecule has 0 saturated heterocycles. The number of amides is 1. The molecular weight excluding hydrogens is 332 g/mol. The molecule has 136 valence electrons. The maximum Gasteiger partial charge on any atom is 0.270 e. The Labute approximate surface area is 152 Å². The number of carbonyl (C=O) groups is 1. The van der Waals surface area contributed by atoms with Crippen molar-refractivity contribution < 1.29 is 14.5 Å². The summed E-state index contributed by atoms with van der Waals surface area (Å²) in [5.41, 5.74) is 1.27. The number of nitrogens with zero attached hydrogens (tertiary/aromatic N) is 2. The third-order valence-electron chi connectivity index (χ3n) is 4.87. The summed E-state index contributed by atoms with van der Waals surface area (Å²) in [6.07, 6.45) is 2.23. The van der Waals surface area contributed by atoms with Gasteiger partial charge in [-0.1, -0.05) is 18.2 Å². The fraction of sp³-hybridized carbons (Fsp3) is 0.350. The average molecular weight is 354 g/mol. The number of nitro groups is 1. The summed E-state index contributed by atoms with van der Waals surface area (Å²) in [4.78, 5) is 25.5. The van der Waals surface area contributed by atoms with Crippen LogP contribution in [0.4, 0.5) is 5.69 Å². The number of nitro benzene ring substituents is 1. The van der Waals surface area contributed by atoms with Gasteiger partial charge in [-0.15, -0.1) is 0 Å². The number of hydrogen-bond donors (Lipinski definition) is 0. The second-order valence-corrected chi connectivity index (χ2v) is 6.67. The summed E-state index contributed by atoms with van der Waals surface area (Å²) in [5.74, 6) is 1.08. The highest BCUT2D eigenvalue weighted by atomic mass is 16.6. The average Bonchev–Trinajstić information content (AvgIpc) is 3.51. The number of non-ortho nitro benzene ring substituents is 1. The van der Waals surface area contributed by atoms with E-state index < -0.39 is 4.92 Å². The van der Waals surface area contributed by atoms with Crippen molar-refractivity contribution in [3.63, 3.8) is 0 Å². The third-order valence-corrected chi connectivity index (χ3v) is 4.87. The van der Waals surface area contributed by atoms with Crippen LogP contribution in [0.5, 0.6) is 5.75 Å². The molecule has 1 aliphatic rings. The van der Waals surface area contributed by atoms with E-state index in [4.69, 9.17) is 4.74 Å². The summed E-state index contributed by atoms with van der Waals surface area (Å²) in [6, 6.07) is 13.6. The monoisotopic (exact) mass is 354 g/mol. The van der Waals surface area contributed by atoms with Crippen molar-refractivity contribution in [1.29, 1.82) is 0 Å². The van der Waals surface area contributed by atoms with Crippen LogP contribution in [0.25, 0.3) is 0 Å². The first kappa shape index (κ1) is 17.9. The van der Waals surface area contributed by atoms with Gasteiger partial charge in [-0.3, -0.25) is 14.9 Å². The molecule has 0 radical (unpaired) electrons. The van der Waals surface area contributed by atoms with Crippen LogP contribution in [-0.4, -0.2) is 28.9 Å². The van der Waals surface area contributed by atoms with Crippen LogP contribution in [0.15, 0.2) is 48.5 Å². The van der Waals surface area contributed by atoms with Gasteiger partial charge in [0.1, 0.15) is 5.75 Å². The summed E-state index contributed by atoms with van der Waals surface area (Å²) in [5, 5.41) is 11.0. The molecule has 1 atom stereocenters. The van der Waals surface area contributed by atoms with Crippen molar-refractivity contribution in [1.82, 2.24) is 4.90 Å². The van der Waals surface area contributed by atoms with Crippen LogP contribution in [0.1, 0.15) is 35.7 Å². The molecule has 1 saturated carbocycles. The zero-order chi connectivity index (χ0) is 18.7. The molecule has 26 heavy (non-hydrogen) atoms. The Kier molecular flexibility index (Phi) is 5.21. The molecule has 0 unspecified atom stereocenters. The number of carbonyl (C=O) groups excluding carboxylic acids is 1. The molecule has 0 aromatic heterocycles. The van der Waals surface area contributed by atoms with Crippen LogP contribution in [0.3, 0.4) is 0 Å². The summed E-state index contributed by atoms with van der Waals surface area (Å²) >= 11 is 0. The van der Waals surface area contributed by atoms with Crippen LogP contribution in [0, 0.1) is 16.0 Å². The summed E-state index contributed by atoms with van der Waals surface area (Å²) < 4.78 is 5.18. The van der Waals surface area contributed by atoms with Crippen LogP contribution in [0.2, 0.25) is 0 Å². The minimum absolute atomic E-state index is 0.0701. The molecule has 1 fully saturated rings. The van der Waals surface area contributed by atoms with Crippen LogP contribution >= 0.6 is 0 Å². The Morgan fingerprint density at radius 3 is 2.54 bits per heavy atom. The highest BCUT2D eigenvalue weighted by Crippen LogP contribution is 2.36. The third kappa shape index (κ3) is 4.02. The van der Waals surface area contributed by atoms with E-state index in [0.717, 1.165) is 24.2 Å². The molecular formula is C20H22N2O4. The second-order valence-electron chi connectivity index (χ2n) is 6.67. The number of ether oxygens (including phenoxy) is 1. The van der Waals surface area contributed by atoms with E-state index in [1.807, 2.05) is 29.2 Å². The standard InChI is InChI=1S/C20H22N2O4/c1-14(16-8-9-16)21(13-15-6-10-19(26-2)11-7-15)20(23)17-4-3-5-18(12-17)22(24)25/h3-7,10-12,14,16H,8-9,13H2,1-2H3/t14-/m0/s1. The van der Waals surface area contributed by atoms with E-state index in [9.17, 15) is 14.9 Å². The van der Waals surface area contributed by atoms with Crippen molar-refractivity contribution in [2.45, 2.75) is 32.4 Å². The molecule has 2 aromatic rings. The Bertz CT molecular complexity index is 800. The second kappa shape index (κ2) is 7.56. The number of rotatable bonds is 7. The molecule has 6 heteroatoms. The lowest BCUT2D eigenvalue weighted by Crippen LogP contribution is -2.39. The van der Waals surface area contributed by atoms with E-state index in [1.165, 1.54) is 12.1 Å². The molecule has 0 bridgehead atoms. The first-order valence-corrected chi connectivity index (χ1v) is 8.68. The maximum atomic E-state index is 13.1. The van der Waals surface area contributed by atoms with Gasteiger partial charge >= 0.3 is 0 Å². The molecule has 0 spiro atoms. The summed E-state index contributed by atoms with van der Waals surface area (Å²) in [6.45, 7) is 2.51. The van der Waals surface area contributed by atoms with Crippen LogP contribution in [-0.2, 0) is 6.54 Å². The van der Waals surface area contributed by atoms with Gasteiger partial charge in [0.25, 0.3) is 11.6 Å². The minimum atomic E-state index is -0.477. The Morgan fingerprint density at radius 1 is 1.27 bits per heavy atom. The molecule has 0 aliphatic heterocycles. The van der Waals surface area contributed by atoms with Crippen molar-refractivity contribution in [3.05, 3.63) is 69.8 Å². The highest BCUT2D eigenvalue weighted by Gasteiger charge is 2.34. The van der Waals surface area contributed by atoms with E-state index in [-0.39, 0.29) is 17.6 Å². The Morgan fingerprint density at radius 2 is 1.96 bits per heavy atom. The first-order valence-electron chi connectivity index (χ1n) is 8.68. The van der Waals surface area contributed by atoms with Gasteiger partial charge in [0.2, 0.25) is 0 Å². The lowest BCUT2D eigenvalue weighted by Gasteiger charge is -2.30. The lowest BCUT2D eigenvalue weighted by molar-refractivity contribution is -0.384. The van der Waals surface area contributed by atoms with Crippen molar-refractivity contribution in [3.8, 4) is 5.75 Å². The van der Waals surface area contributed by atoms with E-state index in [1.54, 1.807) is 19.2 Å². The van der Waals surface area contributed by atoms with Crippen molar-refractivity contribution >= 4 is 11.6 Å². The van der Waals surface area contributed by atoms with Gasteiger partial charge in [0.15, 0.2) is 0 Å². The quantitative estimate of drug-likeness (QED) is 0.555. The van der Waals surface area contributed by atoms with Gasteiger partial charge in [0, 0.05) is 30.3 Å². The predicted octanol–water partition coefficient (Wildman–Crippen LogP) is 4.04. The smallest absolute Gasteiger partial charge is 0.270 e. The molecule has 0 N–H and O–H groups in total. The van der Waals surface area contributed by atoms with Gasteiger partial charge in [-0.2, -0.15) is 0 Å².